The number of rotatable bonds is 6. The van der Waals surface area contributed by atoms with E-state index in [4.69, 9.17) is 0 Å². The van der Waals surface area contributed by atoms with Gasteiger partial charge < -0.3 is 5.32 Å². The Bertz CT molecular complexity index is 270. The second-order valence-electron chi connectivity index (χ2n) is 2.99. The number of halogens is 1. The molecule has 0 aliphatic carbocycles. The van der Waals surface area contributed by atoms with E-state index in [1.54, 1.807) is 12.3 Å². The van der Waals surface area contributed by atoms with Crippen LogP contribution in [0.4, 0.5) is 0 Å². The number of hydrogen-bond acceptors (Lipinski definition) is 2. The summed E-state index contributed by atoms with van der Waals surface area (Å²) in [5.74, 6) is -0.0512. The molecule has 0 saturated carbocycles. The highest BCUT2D eigenvalue weighted by molar-refractivity contribution is 14.1. The molecular formula is C11H17IN2O. The quantitative estimate of drug-likeness (QED) is 0.264. The van der Waals surface area contributed by atoms with Crippen molar-refractivity contribution in [3.05, 3.63) is 23.8 Å². The molecule has 0 aromatic rings. The van der Waals surface area contributed by atoms with Crippen molar-refractivity contribution in [2.45, 2.75) is 26.7 Å². The van der Waals surface area contributed by atoms with E-state index in [1.807, 2.05) is 35.9 Å². The smallest absolute Gasteiger partial charge is 0.243 e. The second kappa shape index (κ2) is 9.89. The van der Waals surface area contributed by atoms with Crippen molar-refractivity contribution in [3.63, 3.8) is 0 Å². The van der Waals surface area contributed by atoms with Gasteiger partial charge in [-0.3, -0.25) is 4.79 Å². The Morgan fingerprint density at radius 3 is 2.73 bits per heavy atom. The molecule has 84 valence electrons. The van der Waals surface area contributed by atoms with Crippen LogP contribution in [0, 0.1) is 0 Å². The summed E-state index contributed by atoms with van der Waals surface area (Å²) in [4.78, 5) is 11.3. The lowest BCUT2D eigenvalue weighted by Crippen LogP contribution is -2.21. The van der Waals surface area contributed by atoms with Crippen molar-refractivity contribution in [2.75, 3.05) is 6.54 Å². The lowest BCUT2D eigenvalue weighted by atomic mass is 10.2. The SMILES string of the molecule is C/C=C(\C=N/I)/C=C/C(=O)NCCCC. The maximum absolute atomic E-state index is 11.3. The first-order valence-corrected chi connectivity index (χ1v) is 5.97. The average Bonchev–Trinajstić information content (AvgIpc) is 2.24. The molecule has 15 heavy (non-hydrogen) atoms. The van der Waals surface area contributed by atoms with E-state index in [2.05, 4.69) is 15.4 Å². The minimum absolute atomic E-state index is 0.0512. The van der Waals surface area contributed by atoms with Gasteiger partial charge in [0.1, 0.15) is 0 Å². The predicted octanol–water partition coefficient (Wildman–Crippen LogP) is 2.83. The van der Waals surface area contributed by atoms with Crippen molar-refractivity contribution in [3.8, 4) is 0 Å². The van der Waals surface area contributed by atoms with Gasteiger partial charge >= 0.3 is 0 Å². The number of carbonyl (C=O) groups excluding carboxylic acids is 1. The number of nitrogens with one attached hydrogen (secondary N) is 1. The van der Waals surface area contributed by atoms with Gasteiger partial charge in [0.2, 0.25) is 5.91 Å². The summed E-state index contributed by atoms with van der Waals surface area (Å²) in [5.41, 5.74) is 0.926. The van der Waals surface area contributed by atoms with Crippen molar-refractivity contribution >= 4 is 35.0 Å². The maximum atomic E-state index is 11.3. The highest BCUT2D eigenvalue weighted by atomic mass is 127. The molecule has 1 amide bonds. The monoisotopic (exact) mass is 320 g/mol. The molecule has 1 N–H and O–H groups in total. The lowest BCUT2D eigenvalue weighted by molar-refractivity contribution is -0.116. The summed E-state index contributed by atoms with van der Waals surface area (Å²) in [7, 11) is 0. The van der Waals surface area contributed by atoms with Crippen LogP contribution < -0.4 is 5.32 Å². The first kappa shape index (κ1) is 14.3. The molecule has 0 aromatic carbocycles. The van der Waals surface area contributed by atoms with E-state index in [0.29, 0.717) is 0 Å². The van der Waals surface area contributed by atoms with Crippen LogP contribution in [0.1, 0.15) is 26.7 Å². The first-order chi connectivity index (χ1) is 7.24. The van der Waals surface area contributed by atoms with Crippen LogP contribution in [-0.2, 0) is 4.79 Å². The number of nitrogens with zero attached hydrogens (tertiary/aromatic N) is 1. The molecule has 0 aromatic heterocycles. The summed E-state index contributed by atoms with van der Waals surface area (Å²) in [6.07, 6.45) is 9.00. The van der Waals surface area contributed by atoms with Gasteiger partial charge in [-0.2, -0.15) is 0 Å². The van der Waals surface area contributed by atoms with Crippen molar-refractivity contribution in [1.82, 2.24) is 5.32 Å². The van der Waals surface area contributed by atoms with Gasteiger partial charge in [0.15, 0.2) is 0 Å². The molecule has 0 rings (SSSR count). The molecule has 0 bridgehead atoms. The molecule has 0 saturated heterocycles. The van der Waals surface area contributed by atoms with E-state index in [0.717, 1.165) is 25.0 Å². The van der Waals surface area contributed by atoms with E-state index in [1.165, 1.54) is 6.08 Å². The number of allylic oxidation sites excluding steroid dienone is 3. The third-order valence-corrected chi connectivity index (χ3v) is 2.07. The fourth-order valence-electron chi connectivity index (χ4n) is 0.889. The Labute approximate surface area is 105 Å². The fourth-order valence-corrected chi connectivity index (χ4v) is 1.21. The third kappa shape index (κ3) is 8.35. The summed E-state index contributed by atoms with van der Waals surface area (Å²) in [6, 6.07) is 0. The van der Waals surface area contributed by atoms with E-state index in [-0.39, 0.29) is 5.91 Å². The summed E-state index contributed by atoms with van der Waals surface area (Å²) >= 11 is 1.90. The van der Waals surface area contributed by atoms with Crippen LogP contribution in [0.2, 0.25) is 0 Å². The Kier molecular flexibility index (Phi) is 9.46. The summed E-state index contributed by atoms with van der Waals surface area (Å²) < 4.78 is 3.85. The molecule has 0 aliphatic rings. The molecule has 0 radical (unpaired) electrons. The van der Waals surface area contributed by atoms with Crippen LogP contribution >= 0.6 is 22.9 Å². The van der Waals surface area contributed by atoms with E-state index in [9.17, 15) is 4.79 Å². The van der Waals surface area contributed by atoms with Gasteiger partial charge in [-0.05, 0) is 25.0 Å². The van der Waals surface area contributed by atoms with Gasteiger partial charge in [-0.25, -0.2) is 3.21 Å². The van der Waals surface area contributed by atoms with Crippen molar-refractivity contribution < 1.29 is 4.79 Å². The zero-order chi connectivity index (χ0) is 11.5. The van der Waals surface area contributed by atoms with Gasteiger partial charge in [0.05, 0.1) is 22.9 Å². The molecule has 0 unspecified atom stereocenters. The number of hydrogen-bond donors (Lipinski definition) is 1. The van der Waals surface area contributed by atoms with Gasteiger partial charge in [0.25, 0.3) is 0 Å². The van der Waals surface area contributed by atoms with E-state index < -0.39 is 0 Å². The molecule has 0 spiro atoms. The number of carbonyl (C=O) groups is 1. The Hall–Kier alpha value is -0.650. The predicted molar refractivity (Wildman–Crippen MR) is 73.3 cm³/mol. The van der Waals surface area contributed by atoms with Gasteiger partial charge in [-0.1, -0.05) is 19.4 Å². The van der Waals surface area contributed by atoms with Gasteiger partial charge in [0, 0.05) is 18.8 Å². The third-order valence-electron chi connectivity index (χ3n) is 1.79. The topological polar surface area (TPSA) is 41.5 Å². The van der Waals surface area contributed by atoms with Crippen LogP contribution in [0.5, 0.6) is 0 Å². The van der Waals surface area contributed by atoms with E-state index >= 15 is 0 Å². The van der Waals surface area contributed by atoms with Crippen LogP contribution in [0.15, 0.2) is 27.0 Å². The second-order valence-corrected chi connectivity index (χ2v) is 3.55. The normalized spacial score (nSPS) is 12.6. The Balaban J connectivity index is 3.98. The average molecular weight is 320 g/mol. The molecular weight excluding hydrogens is 303 g/mol. The van der Waals surface area contributed by atoms with Crippen molar-refractivity contribution in [1.29, 1.82) is 0 Å². The minimum atomic E-state index is -0.0512. The number of amides is 1. The minimum Gasteiger partial charge on any atom is -0.353 e. The fraction of sp³-hybridized carbons (Fsp3) is 0.455. The Morgan fingerprint density at radius 2 is 2.20 bits per heavy atom. The molecule has 0 atom stereocenters. The standard InChI is InChI=1S/C11H17IN2O/c1-3-5-8-13-11(15)7-6-10(4-2)9-14-12/h4,6-7,9H,3,5,8H2,1-2H3,(H,13,15)/b7-6+,10-4-,14-9-. The molecule has 0 aliphatic heterocycles. The molecule has 4 heteroatoms. The molecule has 3 nitrogen and oxygen atoms in total. The lowest BCUT2D eigenvalue weighted by Gasteiger charge is -1.98. The number of unbranched alkanes of at least 4 members (excludes halogenated alkanes) is 1. The summed E-state index contributed by atoms with van der Waals surface area (Å²) in [6.45, 7) is 4.75. The van der Waals surface area contributed by atoms with Crippen LogP contribution in [-0.4, -0.2) is 18.7 Å². The van der Waals surface area contributed by atoms with Crippen LogP contribution in [0.3, 0.4) is 0 Å². The molecule has 0 fully saturated rings. The van der Waals surface area contributed by atoms with Crippen molar-refractivity contribution in [2.24, 2.45) is 3.21 Å². The largest absolute Gasteiger partial charge is 0.353 e. The first-order valence-electron chi connectivity index (χ1n) is 5.01. The highest BCUT2D eigenvalue weighted by Gasteiger charge is 1.93. The Morgan fingerprint density at radius 1 is 1.47 bits per heavy atom. The zero-order valence-corrected chi connectivity index (χ0v) is 11.3. The maximum Gasteiger partial charge on any atom is 0.243 e. The molecule has 0 heterocycles. The summed E-state index contributed by atoms with van der Waals surface area (Å²) in [5, 5.41) is 2.81. The van der Waals surface area contributed by atoms with Crippen LogP contribution in [0.25, 0.3) is 0 Å². The zero-order valence-electron chi connectivity index (χ0n) is 9.16. The highest BCUT2D eigenvalue weighted by Crippen LogP contribution is 1.95. The van der Waals surface area contributed by atoms with Gasteiger partial charge in [-0.15, -0.1) is 0 Å².